The second-order valence-electron chi connectivity index (χ2n) is 9.27. The molecular formula is C20H21N3O14S2. The number of hydroxylamine groups is 4. The molecule has 0 aromatic rings. The molecule has 0 spiro atoms. The van der Waals surface area contributed by atoms with Crippen LogP contribution in [0.2, 0.25) is 0 Å². The Balaban J connectivity index is 1.33. The highest BCUT2D eigenvalue weighted by atomic mass is 32.2. The maximum atomic E-state index is 12.6. The van der Waals surface area contributed by atoms with E-state index in [1.165, 1.54) is 0 Å². The number of imide groups is 3. The summed E-state index contributed by atoms with van der Waals surface area (Å²) in [4.78, 5) is 90.8. The summed E-state index contributed by atoms with van der Waals surface area (Å²) in [6.07, 6.45) is 1.46. The van der Waals surface area contributed by atoms with Crippen molar-refractivity contribution in [2.24, 2.45) is 11.8 Å². The number of rotatable bonds is 8. The van der Waals surface area contributed by atoms with Crippen LogP contribution in [-0.4, -0.2) is 94.9 Å². The summed E-state index contributed by atoms with van der Waals surface area (Å²) in [7, 11) is -10.3. The molecule has 4 aliphatic rings. The van der Waals surface area contributed by atoms with Gasteiger partial charge in [0.15, 0.2) is 10.5 Å². The minimum Gasteiger partial charge on any atom is -0.330 e. The van der Waals surface area contributed by atoms with E-state index in [2.05, 4.69) is 4.28 Å². The highest BCUT2D eigenvalue weighted by molar-refractivity contribution is 7.88. The van der Waals surface area contributed by atoms with Crippen LogP contribution in [0, 0.1) is 11.8 Å². The van der Waals surface area contributed by atoms with Gasteiger partial charge >= 0.3 is 16.1 Å². The van der Waals surface area contributed by atoms with Crippen LogP contribution in [0.25, 0.3) is 0 Å². The van der Waals surface area contributed by atoms with Gasteiger partial charge in [-0.25, -0.2) is 4.79 Å². The van der Waals surface area contributed by atoms with E-state index in [9.17, 15) is 50.4 Å². The molecule has 2 atom stereocenters. The molecular weight excluding hydrogens is 570 g/mol. The molecule has 212 valence electrons. The first-order chi connectivity index (χ1) is 18.1. The third-order valence-electron chi connectivity index (χ3n) is 6.71. The molecule has 1 saturated carbocycles. The third-order valence-corrected chi connectivity index (χ3v) is 9.22. The van der Waals surface area contributed by atoms with Crippen LogP contribution in [0.3, 0.4) is 0 Å². The Kier molecular flexibility index (Phi) is 7.45. The maximum Gasteiger partial charge on any atom is 0.336 e. The molecule has 0 radical (unpaired) electrons. The van der Waals surface area contributed by atoms with Gasteiger partial charge in [0.05, 0.1) is 18.8 Å². The van der Waals surface area contributed by atoms with E-state index in [4.69, 9.17) is 9.39 Å². The van der Waals surface area contributed by atoms with Crippen molar-refractivity contribution >= 4 is 61.6 Å². The zero-order valence-corrected chi connectivity index (χ0v) is 21.5. The van der Waals surface area contributed by atoms with Crippen LogP contribution < -0.4 is 0 Å². The molecule has 3 fully saturated rings. The Morgan fingerprint density at radius 3 is 1.87 bits per heavy atom. The third kappa shape index (κ3) is 5.60. The Morgan fingerprint density at radius 2 is 1.33 bits per heavy atom. The molecule has 6 amide bonds. The molecule has 17 nitrogen and oxygen atoms in total. The summed E-state index contributed by atoms with van der Waals surface area (Å²) in [5, 5.41) is -5.11. The molecule has 4 rings (SSSR count). The fourth-order valence-corrected chi connectivity index (χ4v) is 6.43. The van der Waals surface area contributed by atoms with Gasteiger partial charge in [0, 0.05) is 18.7 Å². The van der Waals surface area contributed by atoms with Gasteiger partial charge < -0.3 is 4.84 Å². The molecule has 39 heavy (non-hydrogen) atoms. The van der Waals surface area contributed by atoms with Gasteiger partial charge in [-0.3, -0.25) is 38.2 Å². The van der Waals surface area contributed by atoms with Gasteiger partial charge in [-0.2, -0.15) is 16.8 Å². The van der Waals surface area contributed by atoms with Crippen molar-refractivity contribution in [2.45, 2.75) is 49.0 Å². The molecule has 1 N–H and O–H groups in total. The van der Waals surface area contributed by atoms with Crippen LogP contribution in [0.4, 0.5) is 0 Å². The van der Waals surface area contributed by atoms with Crippen molar-refractivity contribution in [1.82, 2.24) is 15.0 Å². The van der Waals surface area contributed by atoms with Crippen LogP contribution in [0.5, 0.6) is 0 Å². The van der Waals surface area contributed by atoms with Gasteiger partial charge in [0.2, 0.25) is 0 Å². The van der Waals surface area contributed by atoms with E-state index >= 15 is 0 Å². The lowest BCUT2D eigenvalue weighted by Crippen LogP contribution is -2.42. The average molecular weight is 592 g/mol. The summed E-state index contributed by atoms with van der Waals surface area (Å²) >= 11 is 0. The van der Waals surface area contributed by atoms with Crippen molar-refractivity contribution in [3.8, 4) is 0 Å². The summed E-state index contributed by atoms with van der Waals surface area (Å²) in [5.74, 6) is -8.62. The van der Waals surface area contributed by atoms with Gasteiger partial charge in [-0.1, -0.05) is 0 Å². The molecule has 0 aromatic carbocycles. The summed E-state index contributed by atoms with van der Waals surface area (Å²) in [6, 6.07) is 0. The Bertz CT molecular complexity index is 1390. The Hall–Kier alpha value is -3.55. The smallest absolute Gasteiger partial charge is 0.330 e. The molecule has 2 saturated heterocycles. The largest absolute Gasteiger partial charge is 0.336 e. The van der Waals surface area contributed by atoms with Crippen LogP contribution in [0.1, 0.15) is 38.5 Å². The fraction of sp³-hybridized carbons (Fsp3) is 0.550. The number of hydrogen-bond donors (Lipinski definition) is 1. The minimum atomic E-state index is -5.24. The van der Waals surface area contributed by atoms with E-state index in [-0.39, 0.29) is 30.4 Å². The predicted octanol–water partition coefficient (Wildman–Crippen LogP) is -2.42. The van der Waals surface area contributed by atoms with E-state index < -0.39 is 96.0 Å². The van der Waals surface area contributed by atoms with E-state index in [1.54, 1.807) is 0 Å². The van der Waals surface area contributed by atoms with Gasteiger partial charge in [0.1, 0.15) is 0 Å². The van der Waals surface area contributed by atoms with Crippen molar-refractivity contribution in [1.29, 1.82) is 0 Å². The van der Waals surface area contributed by atoms with Gasteiger partial charge in [-0.15, -0.1) is 14.4 Å². The molecule has 3 aliphatic heterocycles. The summed E-state index contributed by atoms with van der Waals surface area (Å²) < 4.78 is 60.9. The normalized spacial score (nSPS) is 28.3. The topological polar surface area (TPSA) is 236 Å². The van der Waals surface area contributed by atoms with Crippen molar-refractivity contribution in [2.75, 3.05) is 6.54 Å². The lowest BCUT2D eigenvalue weighted by molar-refractivity contribution is -0.201. The molecule has 1 aliphatic carbocycles. The molecule has 0 bridgehead atoms. The van der Waals surface area contributed by atoms with Crippen LogP contribution >= 0.6 is 0 Å². The number of carbonyl (C=O) groups is 7. The first kappa shape index (κ1) is 28.5. The predicted molar refractivity (Wildman–Crippen MR) is 119 cm³/mol. The first-order valence-electron chi connectivity index (χ1n) is 11.5. The van der Waals surface area contributed by atoms with E-state index in [0.717, 1.165) is 17.1 Å². The zero-order valence-electron chi connectivity index (χ0n) is 19.8. The quantitative estimate of drug-likeness (QED) is 0.228. The fourth-order valence-electron chi connectivity index (χ4n) is 4.57. The van der Waals surface area contributed by atoms with Crippen LogP contribution in [-0.2, 0) is 62.9 Å². The minimum absolute atomic E-state index is 0.0537. The number of amides is 6. The molecule has 19 heteroatoms. The van der Waals surface area contributed by atoms with Crippen molar-refractivity contribution in [3.05, 3.63) is 12.2 Å². The van der Waals surface area contributed by atoms with Gasteiger partial charge in [0.25, 0.3) is 45.6 Å². The first-order valence-corrected chi connectivity index (χ1v) is 14.5. The number of nitrogens with zero attached hydrogens (tertiary/aromatic N) is 3. The van der Waals surface area contributed by atoms with Crippen LogP contribution in [0.15, 0.2) is 12.2 Å². The monoisotopic (exact) mass is 591 g/mol. The van der Waals surface area contributed by atoms with Crippen molar-refractivity contribution in [3.63, 3.8) is 0 Å². The highest BCUT2D eigenvalue weighted by Gasteiger charge is 2.54. The Labute approximate surface area is 220 Å². The molecule has 0 aromatic heterocycles. The number of carbonyl (C=O) groups excluding carboxylic acids is 7. The SMILES string of the molecule is O=C(ON1C(=O)CC(S(=O)(=O)ON2C(=O)CC(S(=O)(=O)O)C2=O)C1=O)C1CCC(CN2C(=O)C=CC2=O)CC1. The molecule has 3 heterocycles. The van der Waals surface area contributed by atoms with Crippen molar-refractivity contribution < 1.29 is 64.1 Å². The standard InChI is InChI=1S/C20H21N3O14S2/c24-14-5-6-15(25)21(14)9-10-1-3-11(4-2-10)20(30)36-22-16(26)8-13(19(22)29)39(34,35)37-23-17(27)7-12(18(23)28)38(31,32)33/h5-6,10-13H,1-4,7-9H2,(H,31,32,33). The summed E-state index contributed by atoms with van der Waals surface area (Å²) in [6.45, 7) is 0.169. The second-order valence-corrected chi connectivity index (χ2v) is 12.6. The van der Waals surface area contributed by atoms with E-state index in [1.807, 2.05) is 0 Å². The average Bonchev–Trinajstić information content (AvgIpc) is 3.43. The van der Waals surface area contributed by atoms with E-state index in [0.29, 0.717) is 12.8 Å². The Morgan fingerprint density at radius 1 is 0.821 bits per heavy atom. The lowest BCUT2D eigenvalue weighted by Gasteiger charge is -2.29. The summed E-state index contributed by atoms with van der Waals surface area (Å²) in [5.41, 5.74) is 0. The lowest BCUT2D eigenvalue weighted by atomic mass is 9.82. The molecule has 2 unspecified atom stereocenters. The highest BCUT2D eigenvalue weighted by Crippen LogP contribution is 2.32. The van der Waals surface area contributed by atoms with Gasteiger partial charge in [-0.05, 0) is 31.6 Å². The second kappa shape index (κ2) is 10.2. The zero-order chi connectivity index (χ0) is 28.9. The number of hydrogen-bond acceptors (Lipinski definition) is 13. The maximum absolute atomic E-state index is 12.6.